The zero-order chi connectivity index (χ0) is 27.3. The van der Waals surface area contributed by atoms with Crippen LogP contribution in [0, 0.1) is 0 Å². The van der Waals surface area contributed by atoms with Gasteiger partial charge in [0.05, 0.1) is 46.5 Å². The molecule has 0 bridgehead atoms. The van der Waals surface area contributed by atoms with Crippen molar-refractivity contribution < 1.29 is 29.6 Å². The third kappa shape index (κ3) is 7.98. The molecule has 0 aliphatic heterocycles. The lowest BCUT2D eigenvalue weighted by molar-refractivity contribution is -0.113. The number of rotatable bonds is 13. The Balaban J connectivity index is 1.87. The molecule has 0 aromatic heterocycles. The topological polar surface area (TPSA) is 109 Å². The fourth-order valence-electron chi connectivity index (χ4n) is 3.87. The predicted octanol–water partition coefficient (Wildman–Crippen LogP) is 4.55. The van der Waals surface area contributed by atoms with Crippen molar-refractivity contribution in [1.29, 1.82) is 0 Å². The van der Waals surface area contributed by atoms with Gasteiger partial charge in [-0.05, 0) is 58.2 Å². The smallest absolute Gasteiger partial charge is 0.161 e. The lowest BCUT2D eigenvalue weighted by atomic mass is 10.0. The standard InChI is InChI=1S/C31H33NO6/c1-37-30-15-11-23(17-31(30)38-2)10-14-28(36)18-27(32-29(21-35)24-6-4-3-5-7-24)13-9-22-8-12-25(19-33)26(16-22)20-34/h3-17,29,33-35H,18-21H2,1-2H3/b13-9+,14-10+,32-27?/t29-/m1/s1. The number of methoxy groups -OCH3 is 2. The number of carbonyl (C=O) groups excluding carboxylic acids is 1. The summed E-state index contributed by atoms with van der Waals surface area (Å²) < 4.78 is 10.6. The molecule has 198 valence electrons. The molecule has 3 N–H and O–H groups in total. The maximum Gasteiger partial charge on any atom is 0.161 e. The highest BCUT2D eigenvalue weighted by atomic mass is 16.5. The van der Waals surface area contributed by atoms with Crippen molar-refractivity contribution in [2.24, 2.45) is 4.99 Å². The normalized spacial score (nSPS) is 12.7. The summed E-state index contributed by atoms with van der Waals surface area (Å²) in [5, 5.41) is 29.1. The fourth-order valence-corrected chi connectivity index (χ4v) is 3.87. The monoisotopic (exact) mass is 515 g/mol. The Morgan fingerprint density at radius 1 is 0.816 bits per heavy atom. The van der Waals surface area contributed by atoms with E-state index in [0.717, 1.165) is 16.7 Å². The zero-order valence-corrected chi connectivity index (χ0v) is 21.6. The summed E-state index contributed by atoms with van der Waals surface area (Å²) in [6.07, 6.45) is 6.74. The van der Waals surface area contributed by atoms with Gasteiger partial charge in [-0.1, -0.05) is 60.7 Å². The van der Waals surface area contributed by atoms with Crippen LogP contribution >= 0.6 is 0 Å². The lowest BCUT2D eigenvalue weighted by Crippen LogP contribution is -2.09. The summed E-state index contributed by atoms with van der Waals surface area (Å²) >= 11 is 0. The molecule has 38 heavy (non-hydrogen) atoms. The van der Waals surface area contributed by atoms with E-state index in [1.807, 2.05) is 42.5 Å². The quantitative estimate of drug-likeness (QED) is 0.228. The van der Waals surface area contributed by atoms with Crippen LogP contribution in [-0.4, -0.2) is 47.6 Å². The van der Waals surface area contributed by atoms with Gasteiger partial charge in [0, 0.05) is 5.71 Å². The van der Waals surface area contributed by atoms with Crippen LogP contribution in [0.5, 0.6) is 11.5 Å². The highest BCUT2D eigenvalue weighted by Gasteiger charge is 2.12. The summed E-state index contributed by atoms with van der Waals surface area (Å²) in [5.74, 6) is 0.998. The summed E-state index contributed by atoms with van der Waals surface area (Å²) in [6.45, 7) is -0.571. The Bertz CT molecular complexity index is 1300. The minimum Gasteiger partial charge on any atom is -0.493 e. The van der Waals surface area contributed by atoms with Crippen LogP contribution < -0.4 is 9.47 Å². The number of hydrogen-bond donors (Lipinski definition) is 3. The number of aliphatic imine (C=N–C) groups is 1. The van der Waals surface area contributed by atoms with Crippen LogP contribution in [0.3, 0.4) is 0 Å². The van der Waals surface area contributed by atoms with Crippen molar-refractivity contribution in [3.63, 3.8) is 0 Å². The number of aliphatic hydroxyl groups is 3. The molecule has 0 unspecified atom stereocenters. The lowest BCUT2D eigenvalue weighted by Gasteiger charge is -2.12. The molecule has 7 nitrogen and oxygen atoms in total. The summed E-state index contributed by atoms with van der Waals surface area (Å²) in [7, 11) is 3.11. The molecule has 0 saturated carbocycles. The molecule has 0 saturated heterocycles. The van der Waals surface area contributed by atoms with Gasteiger partial charge >= 0.3 is 0 Å². The van der Waals surface area contributed by atoms with Gasteiger partial charge in [0.1, 0.15) is 0 Å². The largest absolute Gasteiger partial charge is 0.493 e. The maximum absolute atomic E-state index is 12.9. The minimum absolute atomic E-state index is 0.0191. The first kappa shape index (κ1) is 28.5. The van der Waals surface area contributed by atoms with Gasteiger partial charge in [-0.2, -0.15) is 0 Å². The summed E-state index contributed by atoms with van der Waals surface area (Å²) in [5.41, 5.74) is 4.17. The Labute approximate surface area is 223 Å². The Morgan fingerprint density at radius 2 is 1.47 bits per heavy atom. The molecule has 0 fully saturated rings. The molecule has 0 radical (unpaired) electrons. The first-order valence-corrected chi connectivity index (χ1v) is 12.2. The van der Waals surface area contributed by atoms with Crippen LogP contribution in [0.2, 0.25) is 0 Å². The average Bonchev–Trinajstić information content (AvgIpc) is 2.97. The van der Waals surface area contributed by atoms with E-state index in [-0.39, 0.29) is 32.0 Å². The second kappa shape index (κ2) is 14.6. The van der Waals surface area contributed by atoms with E-state index in [4.69, 9.17) is 14.5 Å². The molecule has 3 aromatic carbocycles. The van der Waals surface area contributed by atoms with Gasteiger partial charge in [0.2, 0.25) is 0 Å². The van der Waals surface area contributed by atoms with Crippen LogP contribution in [-0.2, 0) is 18.0 Å². The van der Waals surface area contributed by atoms with E-state index in [2.05, 4.69) is 0 Å². The zero-order valence-electron chi connectivity index (χ0n) is 21.6. The van der Waals surface area contributed by atoms with Gasteiger partial charge in [-0.25, -0.2) is 0 Å². The first-order valence-electron chi connectivity index (χ1n) is 12.2. The van der Waals surface area contributed by atoms with Crippen LogP contribution in [0.15, 0.2) is 83.9 Å². The molecule has 7 heteroatoms. The number of ether oxygens (including phenoxy) is 2. The van der Waals surface area contributed by atoms with Crippen LogP contribution in [0.25, 0.3) is 12.2 Å². The highest BCUT2D eigenvalue weighted by molar-refractivity contribution is 6.13. The maximum atomic E-state index is 12.9. The molecule has 0 amide bonds. The van der Waals surface area contributed by atoms with E-state index in [1.165, 1.54) is 6.08 Å². The molecular weight excluding hydrogens is 482 g/mol. The molecule has 0 aliphatic rings. The van der Waals surface area contributed by atoms with Crippen LogP contribution in [0.1, 0.15) is 40.3 Å². The Hall–Kier alpha value is -4.04. The number of benzene rings is 3. The molecule has 3 rings (SSSR count). The number of allylic oxidation sites excluding steroid dienone is 2. The van der Waals surface area contributed by atoms with Crippen molar-refractivity contribution >= 4 is 23.6 Å². The van der Waals surface area contributed by atoms with E-state index in [1.54, 1.807) is 56.7 Å². The number of carbonyl (C=O) groups is 1. The number of aliphatic hydroxyl groups excluding tert-OH is 3. The summed E-state index contributed by atoms with van der Waals surface area (Å²) in [4.78, 5) is 17.6. The Kier molecular flexibility index (Phi) is 11.0. The molecule has 0 spiro atoms. The van der Waals surface area contributed by atoms with Gasteiger partial charge < -0.3 is 24.8 Å². The van der Waals surface area contributed by atoms with Crippen molar-refractivity contribution in [2.75, 3.05) is 20.8 Å². The number of ketones is 1. The van der Waals surface area contributed by atoms with E-state index >= 15 is 0 Å². The molecular formula is C31H33NO6. The van der Waals surface area contributed by atoms with Crippen LogP contribution in [0.4, 0.5) is 0 Å². The molecule has 0 aliphatic carbocycles. The highest BCUT2D eigenvalue weighted by Crippen LogP contribution is 2.28. The van der Waals surface area contributed by atoms with Gasteiger partial charge in [-0.3, -0.25) is 9.79 Å². The third-order valence-corrected chi connectivity index (χ3v) is 5.94. The second-order valence-electron chi connectivity index (χ2n) is 8.50. The molecule has 1 atom stereocenters. The predicted molar refractivity (Wildman–Crippen MR) is 149 cm³/mol. The van der Waals surface area contributed by atoms with Crippen molar-refractivity contribution in [3.05, 3.63) is 107 Å². The van der Waals surface area contributed by atoms with Crippen molar-refractivity contribution in [3.8, 4) is 11.5 Å². The Morgan fingerprint density at radius 3 is 2.13 bits per heavy atom. The van der Waals surface area contributed by atoms with Crippen molar-refractivity contribution in [2.45, 2.75) is 25.7 Å². The average molecular weight is 516 g/mol. The second-order valence-corrected chi connectivity index (χ2v) is 8.50. The van der Waals surface area contributed by atoms with Crippen molar-refractivity contribution in [1.82, 2.24) is 0 Å². The number of nitrogens with zero attached hydrogens (tertiary/aromatic N) is 1. The molecule has 3 aromatic rings. The third-order valence-electron chi connectivity index (χ3n) is 5.94. The van der Waals surface area contributed by atoms with Gasteiger partial charge in [0.25, 0.3) is 0 Å². The molecule has 0 heterocycles. The first-order chi connectivity index (χ1) is 18.5. The van der Waals surface area contributed by atoms with Gasteiger partial charge in [0.15, 0.2) is 17.3 Å². The van der Waals surface area contributed by atoms with E-state index < -0.39 is 6.04 Å². The number of hydrogen-bond acceptors (Lipinski definition) is 7. The SMILES string of the molecule is COc1ccc(/C=C/C(=O)CC(/C=C/c2ccc(CO)c(CO)c2)=N[C@H](CO)c2ccccc2)cc1OC. The summed E-state index contributed by atoms with van der Waals surface area (Å²) in [6, 6.07) is 19.6. The minimum atomic E-state index is -0.525. The van der Waals surface area contributed by atoms with E-state index in [9.17, 15) is 20.1 Å². The van der Waals surface area contributed by atoms with Gasteiger partial charge in [-0.15, -0.1) is 0 Å². The van der Waals surface area contributed by atoms with E-state index in [0.29, 0.717) is 28.3 Å². The fraction of sp³-hybridized carbons (Fsp3) is 0.226.